The van der Waals surface area contributed by atoms with Gasteiger partial charge in [0.25, 0.3) is 5.56 Å². The molecule has 2 aromatic carbocycles. The van der Waals surface area contributed by atoms with E-state index in [2.05, 4.69) is 15.9 Å². The summed E-state index contributed by atoms with van der Waals surface area (Å²) in [6.45, 7) is 0. The maximum absolute atomic E-state index is 15.1. The van der Waals surface area contributed by atoms with Crippen LogP contribution in [-0.2, 0) is 12.2 Å². The van der Waals surface area contributed by atoms with Gasteiger partial charge in [0.05, 0.1) is 17.3 Å². The standard InChI is InChI=1S/C23H18BrF2NO2S/c1-29-21-10-16(24)17(25)11-20(21)27-19-12-18(26)22(9-15(19)7-8-23(27)28)30-13-14-5-3-2-4-6-14/h2-11,18H,12-13H2,1H3. The van der Waals surface area contributed by atoms with Gasteiger partial charge in [-0.15, -0.1) is 11.8 Å². The first-order valence-corrected chi connectivity index (χ1v) is 11.1. The first-order valence-electron chi connectivity index (χ1n) is 9.28. The SMILES string of the molecule is COc1cc(Br)c(F)cc1-n1c2c(ccc1=O)C=C(SCc1ccccc1)C(F)C2. The van der Waals surface area contributed by atoms with Crippen molar-refractivity contribution in [1.82, 2.24) is 4.57 Å². The topological polar surface area (TPSA) is 31.2 Å². The number of thioether (sulfide) groups is 1. The Morgan fingerprint density at radius 1 is 1.20 bits per heavy atom. The Morgan fingerprint density at radius 3 is 2.70 bits per heavy atom. The van der Waals surface area contributed by atoms with Crippen LogP contribution in [-0.4, -0.2) is 17.8 Å². The fraction of sp³-hybridized carbons (Fsp3) is 0.174. The molecular formula is C23H18BrF2NO2S. The number of aromatic nitrogens is 1. The van der Waals surface area contributed by atoms with Crippen LogP contribution >= 0.6 is 27.7 Å². The van der Waals surface area contributed by atoms with Crippen molar-refractivity contribution in [2.75, 3.05) is 7.11 Å². The summed E-state index contributed by atoms with van der Waals surface area (Å²) < 4.78 is 36.2. The van der Waals surface area contributed by atoms with E-state index >= 15 is 4.39 Å². The van der Waals surface area contributed by atoms with Gasteiger partial charge in [-0.05, 0) is 45.3 Å². The molecule has 0 spiro atoms. The number of fused-ring (bicyclic) bond motifs is 1. The van der Waals surface area contributed by atoms with E-state index in [1.54, 1.807) is 12.1 Å². The van der Waals surface area contributed by atoms with Crippen molar-refractivity contribution in [2.24, 2.45) is 0 Å². The van der Waals surface area contributed by atoms with Crippen LogP contribution in [0.3, 0.4) is 0 Å². The summed E-state index contributed by atoms with van der Waals surface area (Å²) in [4.78, 5) is 13.3. The highest BCUT2D eigenvalue weighted by molar-refractivity contribution is 9.10. The van der Waals surface area contributed by atoms with E-state index < -0.39 is 12.0 Å². The Hall–Kier alpha value is -2.38. The Labute approximate surface area is 185 Å². The number of halogens is 3. The fourth-order valence-corrected chi connectivity index (χ4v) is 4.76. The Bertz CT molecular complexity index is 1180. The minimum atomic E-state index is -1.24. The minimum Gasteiger partial charge on any atom is -0.495 e. The molecule has 0 bridgehead atoms. The van der Waals surface area contributed by atoms with Crippen LogP contribution in [0.25, 0.3) is 11.8 Å². The highest BCUT2D eigenvalue weighted by Gasteiger charge is 2.26. The molecule has 3 aromatic rings. The normalized spacial score (nSPS) is 15.5. The Kier molecular flexibility index (Phi) is 6.11. The Balaban J connectivity index is 1.75. The van der Waals surface area contributed by atoms with Crippen molar-refractivity contribution >= 4 is 33.8 Å². The third kappa shape index (κ3) is 4.09. The molecule has 7 heteroatoms. The second-order valence-electron chi connectivity index (χ2n) is 6.84. The maximum Gasteiger partial charge on any atom is 0.255 e. The summed E-state index contributed by atoms with van der Waals surface area (Å²) in [6.07, 6.45) is 0.555. The molecular weight excluding hydrogens is 472 g/mol. The van der Waals surface area contributed by atoms with E-state index in [1.165, 1.54) is 41.6 Å². The zero-order valence-corrected chi connectivity index (χ0v) is 18.5. The molecule has 1 unspecified atom stereocenters. The second-order valence-corrected chi connectivity index (χ2v) is 8.74. The molecule has 154 valence electrons. The fourth-order valence-electron chi connectivity index (χ4n) is 3.44. The number of hydrogen-bond donors (Lipinski definition) is 0. The molecule has 0 aliphatic heterocycles. The van der Waals surface area contributed by atoms with Crippen LogP contribution < -0.4 is 10.3 Å². The van der Waals surface area contributed by atoms with Gasteiger partial charge in [-0.25, -0.2) is 8.78 Å². The number of methoxy groups -OCH3 is 1. The number of nitrogens with zero attached hydrogens (tertiary/aromatic N) is 1. The van der Waals surface area contributed by atoms with E-state index in [4.69, 9.17) is 4.74 Å². The van der Waals surface area contributed by atoms with Crippen LogP contribution in [0.4, 0.5) is 8.78 Å². The van der Waals surface area contributed by atoms with E-state index in [0.29, 0.717) is 22.1 Å². The highest BCUT2D eigenvalue weighted by Crippen LogP contribution is 2.36. The largest absolute Gasteiger partial charge is 0.495 e. The van der Waals surface area contributed by atoms with Crippen molar-refractivity contribution in [2.45, 2.75) is 18.3 Å². The molecule has 0 fully saturated rings. The predicted octanol–water partition coefficient (Wildman–Crippen LogP) is 5.92. The lowest BCUT2D eigenvalue weighted by Gasteiger charge is -2.24. The van der Waals surface area contributed by atoms with E-state index in [1.807, 2.05) is 30.3 Å². The lowest BCUT2D eigenvalue weighted by atomic mass is 10.0. The van der Waals surface area contributed by atoms with E-state index in [9.17, 15) is 9.18 Å². The van der Waals surface area contributed by atoms with Crippen LogP contribution in [0.1, 0.15) is 16.8 Å². The third-order valence-corrected chi connectivity index (χ3v) is 6.71. The van der Waals surface area contributed by atoms with Gasteiger partial charge in [0.2, 0.25) is 0 Å². The molecule has 1 aliphatic carbocycles. The quantitative estimate of drug-likeness (QED) is 0.445. The molecule has 1 heterocycles. The molecule has 1 atom stereocenters. The Morgan fingerprint density at radius 2 is 1.97 bits per heavy atom. The van der Waals surface area contributed by atoms with E-state index in [0.717, 1.165) is 11.1 Å². The summed E-state index contributed by atoms with van der Waals surface area (Å²) >= 11 is 4.57. The number of ether oxygens (including phenoxy) is 1. The van der Waals surface area contributed by atoms with Gasteiger partial charge in [0.15, 0.2) is 0 Å². The van der Waals surface area contributed by atoms with Crippen molar-refractivity contribution in [3.05, 3.63) is 97.0 Å². The van der Waals surface area contributed by atoms with Crippen molar-refractivity contribution in [3.63, 3.8) is 0 Å². The van der Waals surface area contributed by atoms with Crippen molar-refractivity contribution < 1.29 is 13.5 Å². The number of hydrogen-bond acceptors (Lipinski definition) is 3. The van der Waals surface area contributed by atoms with Gasteiger partial charge in [-0.1, -0.05) is 30.3 Å². The number of benzene rings is 2. The zero-order valence-electron chi connectivity index (χ0n) is 16.1. The molecule has 1 aromatic heterocycles. The smallest absolute Gasteiger partial charge is 0.255 e. The minimum absolute atomic E-state index is 0.0277. The van der Waals surface area contributed by atoms with Gasteiger partial charge in [-0.2, -0.15) is 0 Å². The molecule has 0 N–H and O–H groups in total. The number of rotatable bonds is 5. The molecule has 4 rings (SSSR count). The number of pyridine rings is 1. The third-order valence-electron chi connectivity index (χ3n) is 4.92. The van der Waals surface area contributed by atoms with Crippen LogP contribution in [0.2, 0.25) is 0 Å². The van der Waals surface area contributed by atoms with Crippen molar-refractivity contribution in [1.29, 1.82) is 0 Å². The number of allylic oxidation sites excluding steroid dienone is 1. The predicted molar refractivity (Wildman–Crippen MR) is 121 cm³/mol. The molecule has 1 aliphatic rings. The monoisotopic (exact) mass is 489 g/mol. The first-order chi connectivity index (χ1) is 14.5. The van der Waals surface area contributed by atoms with Crippen molar-refractivity contribution in [3.8, 4) is 11.4 Å². The summed E-state index contributed by atoms with van der Waals surface area (Å²) in [7, 11) is 1.44. The van der Waals surface area contributed by atoms with Gasteiger partial charge in [-0.3, -0.25) is 9.36 Å². The number of alkyl halides is 1. The maximum atomic E-state index is 15.1. The zero-order chi connectivity index (χ0) is 21.3. The van der Waals surface area contributed by atoms with Crippen LogP contribution in [0, 0.1) is 5.82 Å². The molecule has 30 heavy (non-hydrogen) atoms. The molecule has 0 saturated carbocycles. The average Bonchev–Trinajstić information content (AvgIpc) is 2.75. The molecule has 3 nitrogen and oxygen atoms in total. The summed E-state index contributed by atoms with van der Waals surface area (Å²) in [5.41, 5.74) is 2.24. The van der Waals surface area contributed by atoms with E-state index in [-0.39, 0.29) is 22.1 Å². The first kappa shape index (κ1) is 20.9. The average molecular weight is 490 g/mol. The summed E-state index contributed by atoms with van der Waals surface area (Å²) in [5, 5.41) is 0. The highest BCUT2D eigenvalue weighted by atomic mass is 79.9. The summed E-state index contributed by atoms with van der Waals surface area (Å²) in [5.74, 6) is 0.452. The lowest BCUT2D eigenvalue weighted by Crippen LogP contribution is -2.27. The molecule has 0 amide bonds. The van der Waals surface area contributed by atoms with Gasteiger partial charge in [0, 0.05) is 34.9 Å². The lowest BCUT2D eigenvalue weighted by molar-refractivity contribution is 0.384. The summed E-state index contributed by atoms with van der Waals surface area (Å²) in [6, 6.07) is 15.6. The van der Waals surface area contributed by atoms with Crippen LogP contribution in [0.5, 0.6) is 5.75 Å². The molecule has 0 radical (unpaired) electrons. The van der Waals surface area contributed by atoms with Crippen LogP contribution in [0.15, 0.2) is 68.8 Å². The second kappa shape index (κ2) is 8.78. The van der Waals surface area contributed by atoms with Gasteiger partial charge >= 0.3 is 0 Å². The molecule has 0 saturated heterocycles. The van der Waals surface area contributed by atoms with Gasteiger partial charge < -0.3 is 4.74 Å². The van der Waals surface area contributed by atoms with Gasteiger partial charge in [0.1, 0.15) is 17.7 Å².